The van der Waals surface area contributed by atoms with Gasteiger partial charge in [-0.15, -0.1) is 0 Å². The highest BCUT2D eigenvalue weighted by Crippen LogP contribution is 2.26. The molecule has 0 radical (unpaired) electrons. The molecule has 0 spiro atoms. The van der Waals surface area contributed by atoms with Gasteiger partial charge in [0.1, 0.15) is 0 Å². The van der Waals surface area contributed by atoms with Gasteiger partial charge in [-0.2, -0.15) is 0 Å². The Morgan fingerprint density at radius 3 is 2.71 bits per heavy atom. The highest BCUT2D eigenvalue weighted by molar-refractivity contribution is 5.00. The lowest BCUT2D eigenvalue weighted by molar-refractivity contribution is 0.125. The van der Waals surface area contributed by atoms with Crippen LogP contribution in [0.2, 0.25) is 0 Å². The van der Waals surface area contributed by atoms with Crippen LogP contribution < -0.4 is 0 Å². The molecule has 0 bridgehead atoms. The summed E-state index contributed by atoms with van der Waals surface area (Å²) in [4.78, 5) is 2.62. The maximum atomic E-state index is 5.48. The van der Waals surface area contributed by atoms with Crippen LogP contribution >= 0.6 is 0 Å². The summed E-state index contributed by atoms with van der Waals surface area (Å²) in [5.41, 5.74) is 1.45. The van der Waals surface area contributed by atoms with Crippen molar-refractivity contribution in [3.05, 3.63) is 12.2 Å². The standard InChI is InChI=1S/C12H21NO/c1-11-3-5-12(6-4-11)13-7-2-9-14-10-8-13/h12H,1-10H2. The molecule has 2 rings (SSSR count). The molecular weight excluding hydrogens is 174 g/mol. The number of rotatable bonds is 1. The number of ether oxygens (including phenoxy) is 1. The zero-order valence-electron chi connectivity index (χ0n) is 9.00. The zero-order chi connectivity index (χ0) is 9.80. The second-order valence-corrected chi connectivity index (χ2v) is 4.48. The molecule has 0 aromatic carbocycles. The highest BCUT2D eigenvalue weighted by atomic mass is 16.5. The van der Waals surface area contributed by atoms with Crippen LogP contribution in [0.1, 0.15) is 32.1 Å². The first kappa shape index (κ1) is 10.2. The highest BCUT2D eigenvalue weighted by Gasteiger charge is 2.22. The smallest absolute Gasteiger partial charge is 0.0593 e. The van der Waals surface area contributed by atoms with Gasteiger partial charge in [0, 0.05) is 25.7 Å². The van der Waals surface area contributed by atoms with E-state index in [1.807, 2.05) is 0 Å². The quantitative estimate of drug-likeness (QED) is 0.595. The third-order valence-corrected chi connectivity index (χ3v) is 3.44. The maximum absolute atomic E-state index is 5.48. The predicted octanol–water partition coefficient (Wildman–Crippen LogP) is 2.21. The van der Waals surface area contributed by atoms with Crippen LogP contribution in [-0.4, -0.2) is 37.2 Å². The van der Waals surface area contributed by atoms with E-state index < -0.39 is 0 Å². The molecule has 0 aromatic heterocycles. The average Bonchev–Trinajstić information content (AvgIpc) is 2.47. The van der Waals surface area contributed by atoms with Gasteiger partial charge in [0.05, 0.1) is 6.61 Å². The summed E-state index contributed by atoms with van der Waals surface area (Å²) >= 11 is 0. The van der Waals surface area contributed by atoms with Crippen molar-refractivity contribution in [1.82, 2.24) is 4.90 Å². The van der Waals surface area contributed by atoms with Gasteiger partial charge in [-0.1, -0.05) is 12.2 Å². The minimum Gasteiger partial charge on any atom is -0.380 e. The van der Waals surface area contributed by atoms with Gasteiger partial charge < -0.3 is 4.74 Å². The van der Waals surface area contributed by atoms with E-state index in [1.54, 1.807) is 0 Å². The van der Waals surface area contributed by atoms with Crippen molar-refractivity contribution in [1.29, 1.82) is 0 Å². The first-order valence-corrected chi connectivity index (χ1v) is 5.85. The number of nitrogens with zero attached hydrogens (tertiary/aromatic N) is 1. The molecular formula is C12H21NO. The largest absolute Gasteiger partial charge is 0.380 e. The monoisotopic (exact) mass is 195 g/mol. The summed E-state index contributed by atoms with van der Waals surface area (Å²) in [5, 5.41) is 0. The summed E-state index contributed by atoms with van der Waals surface area (Å²) in [6, 6.07) is 0.808. The van der Waals surface area contributed by atoms with E-state index in [0.717, 1.165) is 25.8 Å². The Kier molecular flexibility index (Phi) is 3.60. The third kappa shape index (κ3) is 2.58. The van der Waals surface area contributed by atoms with Crippen LogP contribution in [0, 0.1) is 0 Å². The first-order chi connectivity index (χ1) is 6.86. The van der Waals surface area contributed by atoms with Gasteiger partial charge in [0.15, 0.2) is 0 Å². The molecule has 2 aliphatic rings. The molecule has 1 aliphatic heterocycles. The molecule has 0 atom stereocenters. The van der Waals surface area contributed by atoms with Gasteiger partial charge >= 0.3 is 0 Å². The molecule has 0 aromatic rings. The molecule has 1 saturated carbocycles. The van der Waals surface area contributed by atoms with Gasteiger partial charge in [0.2, 0.25) is 0 Å². The Balaban J connectivity index is 1.83. The molecule has 0 amide bonds. The Morgan fingerprint density at radius 1 is 1.14 bits per heavy atom. The lowest BCUT2D eigenvalue weighted by Gasteiger charge is -2.33. The van der Waals surface area contributed by atoms with Crippen molar-refractivity contribution < 1.29 is 4.74 Å². The minimum atomic E-state index is 0.808. The van der Waals surface area contributed by atoms with Crippen molar-refractivity contribution >= 4 is 0 Å². The first-order valence-electron chi connectivity index (χ1n) is 5.85. The van der Waals surface area contributed by atoms with Crippen LogP contribution in [-0.2, 0) is 4.74 Å². The van der Waals surface area contributed by atoms with E-state index in [4.69, 9.17) is 4.74 Å². The fourth-order valence-electron chi connectivity index (χ4n) is 2.51. The van der Waals surface area contributed by atoms with Crippen LogP contribution in [0.15, 0.2) is 12.2 Å². The van der Waals surface area contributed by atoms with Crippen LogP contribution in [0.3, 0.4) is 0 Å². The number of hydrogen-bond donors (Lipinski definition) is 0. The van der Waals surface area contributed by atoms with Crippen LogP contribution in [0.4, 0.5) is 0 Å². The molecule has 1 aliphatic carbocycles. The van der Waals surface area contributed by atoms with E-state index in [-0.39, 0.29) is 0 Å². The Labute approximate surface area is 86.9 Å². The fraction of sp³-hybridized carbons (Fsp3) is 0.833. The minimum absolute atomic E-state index is 0.808. The van der Waals surface area contributed by atoms with Crippen LogP contribution in [0.25, 0.3) is 0 Å². The van der Waals surface area contributed by atoms with E-state index >= 15 is 0 Å². The van der Waals surface area contributed by atoms with E-state index in [2.05, 4.69) is 11.5 Å². The molecule has 80 valence electrons. The Bertz CT molecular complexity index is 184. The molecule has 2 fully saturated rings. The van der Waals surface area contributed by atoms with Gasteiger partial charge in [-0.25, -0.2) is 0 Å². The third-order valence-electron chi connectivity index (χ3n) is 3.44. The normalized spacial score (nSPS) is 27.6. The molecule has 0 N–H and O–H groups in total. The molecule has 1 heterocycles. The fourth-order valence-corrected chi connectivity index (χ4v) is 2.51. The summed E-state index contributed by atoms with van der Waals surface area (Å²) in [7, 11) is 0. The van der Waals surface area contributed by atoms with Crippen LogP contribution in [0.5, 0.6) is 0 Å². The van der Waals surface area contributed by atoms with E-state index in [1.165, 1.54) is 44.2 Å². The van der Waals surface area contributed by atoms with Crippen molar-refractivity contribution in [3.8, 4) is 0 Å². The molecule has 0 unspecified atom stereocenters. The molecule has 14 heavy (non-hydrogen) atoms. The van der Waals surface area contributed by atoms with Gasteiger partial charge in [0.25, 0.3) is 0 Å². The molecule has 2 heteroatoms. The van der Waals surface area contributed by atoms with Gasteiger partial charge in [-0.3, -0.25) is 4.90 Å². The SMILES string of the molecule is C=C1CCC(N2CCCOCC2)CC1. The lowest BCUT2D eigenvalue weighted by Crippen LogP contribution is -2.38. The summed E-state index contributed by atoms with van der Waals surface area (Å²) < 4.78 is 5.48. The van der Waals surface area contributed by atoms with Crippen molar-refractivity contribution in [3.63, 3.8) is 0 Å². The second kappa shape index (κ2) is 4.94. The Hall–Kier alpha value is -0.340. The molecule has 2 nitrogen and oxygen atoms in total. The topological polar surface area (TPSA) is 12.5 Å². The average molecular weight is 195 g/mol. The van der Waals surface area contributed by atoms with E-state index in [9.17, 15) is 0 Å². The summed E-state index contributed by atoms with van der Waals surface area (Å²) in [5.74, 6) is 0. The maximum Gasteiger partial charge on any atom is 0.0593 e. The summed E-state index contributed by atoms with van der Waals surface area (Å²) in [6.07, 6.45) is 6.32. The zero-order valence-corrected chi connectivity index (χ0v) is 9.00. The number of hydrogen-bond acceptors (Lipinski definition) is 2. The second-order valence-electron chi connectivity index (χ2n) is 4.48. The van der Waals surface area contributed by atoms with Crippen molar-refractivity contribution in [2.24, 2.45) is 0 Å². The predicted molar refractivity (Wildman–Crippen MR) is 58.4 cm³/mol. The summed E-state index contributed by atoms with van der Waals surface area (Å²) in [6.45, 7) is 8.32. The van der Waals surface area contributed by atoms with E-state index in [0.29, 0.717) is 0 Å². The van der Waals surface area contributed by atoms with Gasteiger partial charge in [-0.05, 0) is 32.1 Å². The Morgan fingerprint density at radius 2 is 1.93 bits per heavy atom. The van der Waals surface area contributed by atoms with Crippen molar-refractivity contribution in [2.75, 3.05) is 26.3 Å². The number of allylic oxidation sites excluding steroid dienone is 1. The van der Waals surface area contributed by atoms with Crippen molar-refractivity contribution in [2.45, 2.75) is 38.1 Å². The lowest BCUT2D eigenvalue weighted by atomic mass is 9.91. The molecule has 1 saturated heterocycles.